The molecule has 1 aromatic heterocycles. The summed E-state index contributed by atoms with van der Waals surface area (Å²) in [5, 5.41) is 15.1. The van der Waals surface area contributed by atoms with E-state index in [2.05, 4.69) is 20.8 Å². The van der Waals surface area contributed by atoms with E-state index in [4.69, 9.17) is 4.74 Å². The standard InChI is InChI=1S/C24H29N5O3S/c1-15(2)21(26-23(31)17-10-12-18(32-5)13-11-17)22-27-28-24(29(22)4)33-14-20(30)25-19-9-7-6-8-16(19)3/h6-13,15,21H,14H2,1-5H3,(H,25,30)(H,26,31)/t21-/m1/s1. The van der Waals surface area contributed by atoms with Crippen LogP contribution in [0.5, 0.6) is 5.75 Å². The summed E-state index contributed by atoms with van der Waals surface area (Å²) in [6, 6.07) is 14.2. The summed E-state index contributed by atoms with van der Waals surface area (Å²) in [4.78, 5) is 25.2. The molecule has 174 valence electrons. The quantitative estimate of drug-likeness (QED) is 0.462. The summed E-state index contributed by atoms with van der Waals surface area (Å²) in [6.07, 6.45) is 0. The number of thioether (sulfide) groups is 1. The zero-order valence-electron chi connectivity index (χ0n) is 19.5. The van der Waals surface area contributed by atoms with Crippen molar-refractivity contribution in [3.63, 3.8) is 0 Å². The highest BCUT2D eigenvalue weighted by Crippen LogP contribution is 2.25. The Labute approximate surface area is 198 Å². The number of carbonyl (C=O) groups is 2. The summed E-state index contributed by atoms with van der Waals surface area (Å²) >= 11 is 1.30. The average molecular weight is 468 g/mol. The van der Waals surface area contributed by atoms with Crippen molar-refractivity contribution in [2.24, 2.45) is 13.0 Å². The van der Waals surface area contributed by atoms with Crippen LogP contribution in [0.2, 0.25) is 0 Å². The highest BCUT2D eigenvalue weighted by Gasteiger charge is 2.25. The maximum atomic E-state index is 12.8. The predicted octanol–water partition coefficient (Wildman–Crippen LogP) is 3.99. The lowest BCUT2D eigenvalue weighted by Gasteiger charge is -2.21. The van der Waals surface area contributed by atoms with Crippen molar-refractivity contribution < 1.29 is 14.3 Å². The van der Waals surface area contributed by atoms with Gasteiger partial charge in [0.15, 0.2) is 11.0 Å². The summed E-state index contributed by atoms with van der Waals surface area (Å²) in [6.45, 7) is 5.97. The maximum absolute atomic E-state index is 12.8. The van der Waals surface area contributed by atoms with Crippen molar-refractivity contribution >= 4 is 29.3 Å². The summed E-state index contributed by atoms with van der Waals surface area (Å²) in [5.41, 5.74) is 2.33. The third-order valence-electron chi connectivity index (χ3n) is 5.20. The second-order valence-corrected chi connectivity index (χ2v) is 8.92. The molecule has 3 rings (SSSR count). The fourth-order valence-electron chi connectivity index (χ4n) is 3.25. The van der Waals surface area contributed by atoms with Gasteiger partial charge < -0.3 is 19.9 Å². The number of carbonyl (C=O) groups excluding carboxylic acids is 2. The minimum atomic E-state index is -0.341. The van der Waals surface area contributed by atoms with Crippen LogP contribution in [-0.4, -0.2) is 39.4 Å². The molecule has 0 radical (unpaired) electrons. The number of aryl methyl sites for hydroxylation is 1. The molecule has 0 unspecified atom stereocenters. The maximum Gasteiger partial charge on any atom is 0.251 e. The lowest BCUT2D eigenvalue weighted by Crippen LogP contribution is -2.33. The van der Waals surface area contributed by atoms with E-state index in [-0.39, 0.29) is 29.5 Å². The van der Waals surface area contributed by atoms with Gasteiger partial charge in [-0.3, -0.25) is 9.59 Å². The van der Waals surface area contributed by atoms with Crippen LogP contribution in [0, 0.1) is 12.8 Å². The number of para-hydroxylation sites is 1. The third kappa shape index (κ3) is 6.13. The number of nitrogens with one attached hydrogen (secondary N) is 2. The molecule has 0 aliphatic carbocycles. The Morgan fingerprint density at radius 2 is 1.79 bits per heavy atom. The zero-order chi connectivity index (χ0) is 24.0. The fourth-order valence-corrected chi connectivity index (χ4v) is 3.97. The van der Waals surface area contributed by atoms with Crippen LogP contribution in [0.1, 0.15) is 41.6 Å². The van der Waals surface area contributed by atoms with Crippen LogP contribution in [0.25, 0.3) is 0 Å². The number of anilines is 1. The minimum Gasteiger partial charge on any atom is -0.497 e. The van der Waals surface area contributed by atoms with Gasteiger partial charge in [-0.05, 0) is 48.7 Å². The van der Waals surface area contributed by atoms with Gasteiger partial charge in [0.1, 0.15) is 5.75 Å². The van der Waals surface area contributed by atoms with Crippen molar-refractivity contribution in [2.45, 2.75) is 32.0 Å². The van der Waals surface area contributed by atoms with E-state index in [1.807, 2.05) is 56.7 Å². The van der Waals surface area contributed by atoms with Crippen molar-refractivity contribution in [1.82, 2.24) is 20.1 Å². The van der Waals surface area contributed by atoms with Gasteiger partial charge >= 0.3 is 0 Å². The van der Waals surface area contributed by atoms with E-state index in [9.17, 15) is 9.59 Å². The average Bonchev–Trinajstić information content (AvgIpc) is 3.17. The lowest BCUT2D eigenvalue weighted by atomic mass is 10.0. The number of nitrogens with zero attached hydrogens (tertiary/aromatic N) is 3. The smallest absolute Gasteiger partial charge is 0.251 e. The van der Waals surface area contributed by atoms with E-state index in [0.29, 0.717) is 22.3 Å². The highest BCUT2D eigenvalue weighted by molar-refractivity contribution is 7.99. The van der Waals surface area contributed by atoms with Gasteiger partial charge in [0.2, 0.25) is 5.91 Å². The topological polar surface area (TPSA) is 98.1 Å². The first kappa shape index (κ1) is 24.3. The number of amides is 2. The lowest BCUT2D eigenvalue weighted by molar-refractivity contribution is -0.113. The predicted molar refractivity (Wildman–Crippen MR) is 130 cm³/mol. The van der Waals surface area contributed by atoms with Crippen LogP contribution in [-0.2, 0) is 11.8 Å². The molecular weight excluding hydrogens is 438 g/mol. The summed E-state index contributed by atoms with van der Waals surface area (Å²) in [5.74, 6) is 1.28. The molecule has 0 saturated heterocycles. The van der Waals surface area contributed by atoms with Crippen molar-refractivity contribution in [2.75, 3.05) is 18.2 Å². The molecular formula is C24H29N5O3S. The molecule has 0 bridgehead atoms. The van der Waals surface area contributed by atoms with Crippen LogP contribution in [0.15, 0.2) is 53.7 Å². The third-order valence-corrected chi connectivity index (χ3v) is 6.22. The molecule has 1 heterocycles. The van der Waals surface area contributed by atoms with E-state index >= 15 is 0 Å². The number of rotatable bonds is 9. The second-order valence-electron chi connectivity index (χ2n) is 7.98. The zero-order valence-corrected chi connectivity index (χ0v) is 20.3. The number of aromatic nitrogens is 3. The van der Waals surface area contributed by atoms with Crippen LogP contribution >= 0.6 is 11.8 Å². The number of ether oxygens (including phenoxy) is 1. The Morgan fingerprint density at radius 3 is 2.42 bits per heavy atom. The molecule has 2 N–H and O–H groups in total. The SMILES string of the molecule is COc1ccc(C(=O)N[C@@H](c2nnc(SCC(=O)Nc3ccccc3C)n2C)C(C)C)cc1. The molecule has 2 aromatic carbocycles. The molecule has 2 amide bonds. The molecule has 0 aliphatic rings. The molecule has 3 aromatic rings. The molecule has 9 heteroatoms. The first-order chi connectivity index (χ1) is 15.8. The summed E-state index contributed by atoms with van der Waals surface area (Å²) < 4.78 is 6.97. The highest BCUT2D eigenvalue weighted by atomic mass is 32.2. The van der Waals surface area contributed by atoms with E-state index in [1.54, 1.807) is 31.4 Å². The normalized spacial score (nSPS) is 11.8. The van der Waals surface area contributed by atoms with Crippen molar-refractivity contribution in [1.29, 1.82) is 0 Å². The Kier molecular flexibility index (Phi) is 8.11. The van der Waals surface area contributed by atoms with Gasteiger partial charge in [-0.2, -0.15) is 0 Å². The van der Waals surface area contributed by atoms with Crippen molar-refractivity contribution in [3.8, 4) is 5.75 Å². The minimum absolute atomic E-state index is 0.0808. The van der Waals surface area contributed by atoms with E-state index < -0.39 is 0 Å². The molecule has 1 atom stereocenters. The first-order valence-corrected chi connectivity index (χ1v) is 11.6. The molecule has 8 nitrogen and oxygen atoms in total. The van der Waals surface area contributed by atoms with Crippen LogP contribution in [0.4, 0.5) is 5.69 Å². The van der Waals surface area contributed by atoms with E-state index in [1.165, 1.54) is 11.8 Å². The second kappa shape index (κ2) is 11.0. The molecule has 0 fully saturated rings. The van der Waals surface area contributed by atoms with Crippen molar-refractivity contribution in [3.05, 3.63) is 65.5 Å². The van der Waals surface area contributed by atoms with Gasteiger partial charge in [-0.25, -0.2) is 0 Å². The monoisotopic (exact) mass is 467 g/mol. The molecule has 0 saturated carbocycles. The summed E-state index contributed by atoms with van der Waals surface area (Å²) in [7, 11) is 3.42. The Balaban J connectivity index is 1.66. The van der Waals surface area contributed by atoms with Crippen LogP contribution < -0.4 is 15.4 Å². The van der Waals surface area contributed by atoms with E-state index in [0.717, 1.165) is 11.3 Å². The fraction of sp³-hybridized carbons (Fsp3) is 0.333. The van der Waals surface area contributed by atoms with Gasteiger partial charge in [0.05, 0.1) is 18.9 Å². The molecule has 0 aliphatic heterocycles. The molecule has 33 heavy (non-hydrogen) atoms. The van der Waals surface area contributed by atoms with Gasteiger partial charge in [-0.1, -0.05) is 43.8 Å². The Bertz CT molecular complexity index is 1110. The largest absolute Gasteiger partial charge is 0.497 e. The van der Waals surface area contributed by atoms with Gasteiger partial charge in [0.25, 0.3) is 5.91 Å². The number of hydrogen-bond donors (Lipinski definition) is 2. The Morgan fingerprint density at radius 1 is 1.09 bits per heavy atom. The van der Waals surface area contributed by atoms with Crippen LogP contribution in [0.3, 0.4) is 0 Å². The van der Waals surface area contributed by atoms with Gasteiger partial charge in [-0.15, -0.1) is 10.2 Å². The number of methoxy groups -OCH3 is 1. The van der Waals surface area contributed by atoms with Gasteiger partial charge in [0, 0.05) is 18.3 Å². The number of benzene rings is 2. The first-order valence-electron chi connectivity index (χ1n) is 10.6. The Hall–Kier alpha value is -3.33. The molecule has 0 spiro atoms. The number of hydrogen-bond acceptors (Lipinski definition) is 6.